The molecule has 1 aliphatic heterocycles. The van der Waals surface area contributed by atoms with Crippen LogP contribution in [0.4, 0.5) is 0 Å². The number of cyclic esters (lactones) is 2. The number of aromatic nitrogens is 1. The molecule has 0 radical (unpaired) electrons. The van der Waals surface area contributed by atoms with Crippen LogP contribution in [0.3, 0.4) is 0 Å². The van der Waals surface area contributed by atoms with Gasteiger partial charge in [-0.05, 0) is 31.2 Å². The van der Waals surface area contributed by atoms with Gasteiger partial charge in [-0.1, -0.05) is 51.1 Å². The quantitative estimate of drug-likeness (QED) is 0.205. The van der Waals surface area contributed by atoms with Crippen molar-refractivity contribution in [2.75, 3.05) is 27.1 Å². The van der Waals surface area contributed by atoms with Crippen molar-refractivity contribution in [2.45, 2.75) is 65.2 Å². The number of pyridine rings is 1. The molecule has 43 heavy (non-hydrogen) atoms. The zero-order valence-electron chi connectivity index (χ0n) is 25.2. The van der Waals surface area contributed by atoms with Gasteiger partial charge in [0.2, 0.25) is 6.79 Å². The summed E-state index contributed by atoms with van der Waals surface area (Å²) in [7, 11) is 1.37. The molecule has 1 saturated heterocycles. The first-order valence-corrected chi connectivity index (χ1v) is 14.3. The molecule has 1 amide bonds. The lowest BCUT2D eigenvalue weighted by molar-refractivity contribution is -0.165. The van der Waals surface area contributed by atoms with Crippen LogP contribution in [0.2, 0.25) is 0 Å². The Morgan fingerprint density at radius 2 is 1.86 bits per heavy atom. The summed E-state index contributed by atoms with van der Waals surface area (Å²) < 4.78 is 33.3. The minimum Gasteiger partial charge on any atom is -0.493 e. The highest BCUT2D eigenvalue weighted by atomic mass is 16.7. The van der Waals surface area contributed by atoms with E-state index in [1.807, 2.05) is 51.1 Å². The molecule has 12 nitrogen and oxygen atoms in total. The standard InChI is InChI=1S/C31H40N2O10/c1-6-10-25(34)41-18-42-28-24(38-5)13-14-32-26(28)29(35)33-23-17-40-30(36)22(15-21-11-8-7-9-12-21)27(39-16-19(2)3)20(4)43-31(23)37/h7-9,11-14,19-20,22-23,27H,6,10,15-18H2,1-5H3,(H,33,35)/t20-,22+,23-,27?/m0/s1. The van der Waals surface area contributed by atoms with Crippen LogP contribution in [0.1, 0.15) is 56.6 Å². The molecule has 2 aromatic rings. The van der Waals surface area contributed by atoms with E-state index in [-0.39, 0.29) is 29.5 Å². The van der Waals surface area contributed by atoms with Gasteiger partial charge in [0, 0.05) is 25.3 Å². The van der Waals surface area contributed by atoms with Crippen molar-refractivity contribution in [2.24, 2.45) is 11.8 Å². The summed E-state index contributed by atoms with van der Waals surface area (Å²) >= 11 is 0. The van der Waals surface area contributed by atoms with E-state index in [0.717, 1.165) is 5.56 Å². The highest BCUT2D eigenvalue weighted by Gasteiger charge is 2.40. The molecule has 0 spiro atoms. The van der Waals surface area contributed by atoms with Gasteiger partial charge in [-0.15, -0.1) is 0 Å². The van der Waals surface area contributed by atoms with Crippen LogP contribution in [0.15, 0.2) is 42.6 Å². The second-order valence-electron chi connectivity index (χ2n) is 10.5. The fourth-order valence-electron chi connectivity index (χ4n) is 4.41. The Morgan fingerprint density at radius 3 is 2.53 bits per heavy atom. The average Bonchev–Trinajstić information content (AvgIpc) is 3.01. The van der Waals surface area contributed by atoms with Gasteiger partial charge in [0.1, 0.15) is 18.8 Å². The molecular weight excluding hydrogens is 560 g/mol. The number of amides is 1. The number of hydrogen-bond acceptors (Lipinski definition) is 11. The largest absolute Gasteiger partial charge is 0.493 e. The van der Waals surface area contributed by atoms with Crippen LogP contribution in [0, 0.1) is 11.8 Å². The molecule has 12 heteroatoms. The number of carbonyl (C=O) groups is 4. The average molecular weight is 601 g/mol. The first-order valence-electron chi connectivity index (χ1n) is 14.3. The zero-order chi connectivity index (χ0) is 31.4. The number of rotatable bonds is 13. The Balaban J connectivity index is 1.81. The predicted molar refractivity (Wildman–Crippen MR) is 153 cm³/mol. The summed E-state index contributed by atoms with van der Waals surface area (Å²) in [4.78, 5) is 55.8. The second kappa shape index (κ2) is 16.4. The molecule has 0 bridgehead atoms. The Bertz CT molecular complexity index is 1240. The van der Waals surface area contributed by atoms with Crippen molar-refractivity contribution >= 4 is 23.8 Å². The summed E-state index contributed by atoms with van der Waals surface area (Å²) in [6, 6.07) is 9.51. The third-order valence-electron chi connectivity index (χ3n) is 6.55. The molecule has 1 unspecified atom stereocenters. The van der Waals surface area contributed by atoms with Gasteiger partial charge in [-0.2, -0.15) is 0 Å². The van der Waals surface area contributed by atoms with Crippen molar-refractivity contribution in [1.29, 1.82) is 0 Å². The predicted octanol–water partition coefficient (Wildman–Crippen LogP) is 3.26. The topological polar surface area (TPSA) is 149 Å². The van der Waals surface area contributed by atoms with E-state index in [9.17, 15) is 19.2 Å². The van der Waals surface area contributed by atoms with Crippen molar-refractivity contribution in [3.05, 3.63) is 53.9 Å². The number of esters is 3. The molecule has 4 atom stereocenters. The number of carbonyl (C=O) groups excluding carboxylic acids is 4. The highest BCUT2D eigenvalue weighted by Crippen LogP contribution is 2.30. The summed E-state index contributed by atoms with van der Waals surface area (Å²) in [5.74, 6) is -3.25. The fourth-order valence-corrected chi connectivity index (χ4v) is 4.41. The lowest BCUT2D eigenvalue weighted by atomic mass is 9.91. The van der Waals surface area contributed by atoms with Gasteiger partial charge in [0.25, 0.3) is 5.91 Å². The number of nitrogens with one attached hydrogen (secondary N) is 1. The Hall–Kier alpha value is -4.19. The van der Waals surface area contributed by atoms with E-state index in [4.69, 9.17) is 28.4 Å². The van der Waals surface area contributed by atoms with Gasteiger partial charge in [0.15, 0.2) is 23.2 Å². The van der Waals surface area contributed by atoms with E-state index in [1.54, 1.807) is 6.92 Å². The fraction of sp³-hybridized carbons (Fsp3) is 0.516. The third-order valence-corrected chi connectivity index (χ3v) is 6.55. The maximum absolute atomic E-state index is 13.4. The molecule has 234 valence electrons. The van der Waals surface area contributed by atoms with Crippen LogP contribution < -0.4 is 14.8 Å². The third kappa shape index (κ3) is 9.67. The van der Waals surface area contributed by atoms with E-state index < -0.39 is 61.4 Å². The number of hydrogen-bond donors (Lipinski definition) is 1. The summed E-state index contributed by atoms with van der Waals surface area (Å²) in [5.41, 5.74) is 0.653. The van der Waals surface area contributed by atoms with Crippen molar-refractivity contribution in [3.63, 3.8) is 0 Å². The van der Waals surface area contributed by atoms with E-state index >= 15 is 0 Å². The molecule has 1 N–H and O–H groups in total. The van der Waals surface area contributed by atoms with Crippen LogP contribution in [-0.4, -0.2) is 74.2 Å². The lowest BCUT2D eigenvalue weighted by Crippen LogP contribution is -2.46. The number of ether oxygens (including phenoxy) is 6. The van der Waals surface area contributed by atoms with Gasteiger partial charge >= 0.3 is 17.9 Å². The minimum atomic E-state index is -1.36. The SMILES string of the molecule is CCCC(=O)OCOc1c(OC)ccnc1C(=O)N[C@H]1COC(=O)[C@H](Cc2ccccc2)C(OCC(C)C)[C@H](C)OC1=O. The maximum Gasteiger partial charge on any atom is 0.332 e. The smallest absolute Gasteiger partial charge is 0.332 e. The molecular formula is C31H40N2O10. The normalized spacial score (nSPS) is 20.6. The van der Waals surface area contributed by atoms with Crippen molar-refractivity contribution in [3.8, 4) is 11.5 Å². The molecule has 1 fully saturated rings. The number of methoxy groups -OCH3 is 1. The Labute approximate surface area is 251 Å². The summed E-state index contributed by atoms with van der Waals surface area (Å²) in [5, 5.41) is 2.53. The molecule has 3 rings (SSSR count). The highest BCUT2D eigenvalue weighted by molar-refractivity contribution is 5.98. The van der Waals surface area contributed by atoms with Crippen LogP contribution in [0.25, 0.3) is 0 Å². The van der Waals surface area contributed by atoms with E-state index in [0.29, 0.717) is 19.4 Å². The molecule has 0 saturated carbocycles. The Morgan fingerprint density at radius 1 is 1.12 bits per heavy atom. The van der Waals surface area contributed by atoms with Crippen LogP contribution in [0.5, 0.6) is 11.5 Å². The first kappa shape index (κ1) is 33.3. The molecule has 1 aromatic carbocycles. The monoisotopic (exact) mass is 600 g/mol. The minimum absolute atomic E-state index is 0.0985. The van der Waals surface area contributed by atoms with Gasteiger partial charge < -0.3 is 33.7 Å². The van der Waals surface area contributed by atoms with Gasteiger partial charge in [0.05, 0.1) is 13.0 Å². The maximum atomic E-state index is 13.4. The lowest BCUT2D eigenvalue weighted by Gasteiger charge is -2.30. The van der Waals surface area contributed by atoms with Crippen LogP contribution in [-0.2, 0) is 39.8 Å². The Kier molecular flexibility index (Phi) is 12.7. The molecule has 0 aliphatic carbocycles. The van der Waals surface area contributed by atoms with Gasteiger partial charge in [-0.25, -0.2) is 9.78 Å². The van der Waals surface area contributed by atoms with Gasteiger partial charge in [-0.3, -0.25) is 14.4 Å². The van der Waals surface area contributed by atoms with Crippen molar-refractivity contribution < 1.29 is 47.6 Å². The number of nitrogens with zero attached hydrogens (tertiary/aromatic N) is 1. The molecule has 2 heterocycles. The summed E-state index contributed by atoms with van der Waals surface area (Å²) in [6.07, 6.45) is 0.801. The number of benzene rings is 1. The van der Waals surface area contributed by atoms with Crippen molar-refractivity contribution in [1.82, 2.24) is 10.3 Å². The second-order valence-corrected chi connectivity index (χ2v) is 10.5. The molecule has 1 aliphatic rings. The summed E-state index contributed by atoms with van der Waals surface area (Å²) in [6.45, 7) is 6.80. The first-order chi connectivity index (χ1) is 20.6. The van der Waals surface area contributed by atoms with E-state index in [2.05, 4.69) is 10.3 Å². The van der Waals surface area contributed by atoms with Crippen LogP contribution >= 0.6 is 0 Å². The van der Waals surface area contributed by atoms with E-state index in [1.165, 1.54) is 19.4 Å². The molecule has 1 aromatic heterocycles. The zero-order valence-corrected chi connectivity index (χ0v) is 25.2.